The lowest BCUT2D eigenvalue weighted by Crippen LogP contribution is -1.85. The van der Waals surface area contributed by atoms with E-state index in [0.29, 0.717) is 11.5 Å². The predicted octanol–water partition coefficient (Wildman–Crippen LogP) is 4.49. The number of anilines is 1. The third-order valence-electron chi connectivity index (χ3n) is 2.88. The van der Waals surface area contributed by atoms with E-state index in [2.05, 4.69) is 27.6 Å². The fourth-order valence-electron chi connectivity index (χ4n) is 1.97. The Balaban J connectivity index is 1.98. The highest BCUT2D eigenvalue weighted by Crippen LogP contribution is 2.37. The summed E-state index contributed by atoms with van der Waals surface area (Å²) in [5.41, 5.74) is 7.66. The second kappa shape index (κ2) is 3.97. The molecule has 0 bridgehead atoms. The number of hydrogen-bond acceptors (Lipinski definition) is 5. The molecule has 4 nitrogen and oxygen atoms in total. The van der Waals surface area contributed by atoms with Gasteiger partial charge in [0.05, 0.1) is 27.6 Å². The first-order chi connectivity index (χ1) is 9.22. The van der Waals surface area contributed by atoms with E-state index in [1.807, 2.05) is 24.3 Å². The van der Waals surface area contributed by atoms with Crippen LogP contribution in [0.2, 0.25) is 0 Å². The van der Waals surface area contributed by atoms with Crippen LogP contribution in [0.15, 0.2) is 39.4 Å². The molecule has 1 aromatic carbocycles. The van der Waals surface area contributed by atoms with Crippen LogP contribution in [-0.4, -0.2) is 4.98 Å². The first-order valence-electron chi connectivity index (χ1n) is 5.54. The summed E-state index contributed by atoms with van der Waals surface area (Å²) in [5.74, 6) is 1.24. The predicted molar refractivity (Wildman–Crippen MR) is 84.2 cm³/mol. The molecular weight excluding hydrogens is 375 g/mol. The molecule has 6 heteroatoms. The van der Waals surface area contributed by atoms with Gasteiger partial charge in [-0.3, -0.25) is 0 Å². The standard InChI is InChI=1S/C13H7IN2O2S/c14-7-1-2-8(15)11-10(7)16-12(19-11)9-5-6-3-4-17-13(6)18-9/h1-5H,15H2. The van der Waals surface area contributed by atoms with Crippen LogP contribution in [0.1, 0.15) is 0 Å². The number of hydrogen-bond donors (Lipinski definition) is 1. The quantitative estimate of drug-likeness (QED) is 0.389. The molecule has 4 rings (SSSR count). The van der Waals surface area contributed by atoms with Crippen molar-refractivity contribution in [1.29, 1.82) is 0 Å². The zero-order chi connectivity index (χ0) is 13.0. The Morgan fingerprint density at radius 2 is 2.16 bits per heavy atom. The van der Waals surface area contributed by atoms with Crippen LogP contribution in [0.4, 0.5) is 5.69 Å². The normalized spacial score (nSPS) is 11.6. The van der Waals surface area contributed by atoms with Gasteiger partial charge in [-0.25, -0.2) is 4.98 Å². The number of thiazole rings is 1. The molecule has 19 heavy (non-hydrogen) atoms. The Morgan fingerprint density at radius 1 is 1.26 bits per heavy atom. The summed E-state index contributed by atoms with van der Waals surface area (Å²) in [6.07, 6.45) is 1.61. The van der Waals surface area contributed by atoms with Crippen molar-refractivity contribution in [2.45, 2.75) is 0 Å². The second-order valence-corrected chi connectivity index (χ2v) is 6.27. The molecule has 4 aromatic rings. The van der Waals surface area contributed by atoms with E-state index >= 15 is 0 Å². The Morgan fingerprint density at radius 3 is 2.95 bits per heavy atom. The van der Waals surface area contributed by atoms with E-state index in [1.165, 1.54) is 11.3 Å². The fourth-order valence-corrected chi connectivity index (χ4v) is 3.69. The van der Waals surface area contributed by atoms with Crippen molar-refractivity contribution in [3.63, 3.8) is 0 Å². The summed E-state index contributed by atoms with van der Waals surface area (Å²) < 4.78 is 12.9. The zero-order valence-electron chi connectivity index (χ0n) is 9.51. The van der Waals surface area contributed by atoms with Gasteiger partial charge < -0.3 is 14.6 Å². The Hall–Kier alpha value is -1.54. The Kier molecular flexibility index (Phi) is 2.36. The molecule has 0 aliphatic heterocycles. The number of aromatic nitrogens is 1. The van der Waals surface area contributed by atoms with Gasteiger partial charge in [0.2, 0.25) is 0 Å². The van der Waals surface area contributed by atoms with E-state index in [-0.39, 0.29) is 0 Å². The molecule has 0 aliphatic rings. The van der Waals surface area contributed by atoms with Crippen molar-refractivity contribution in [2.24, 2.45) is 0 Å². The highest BCUT2D eigenvalue weighted by Gasteiger charge is 2.15. The monoisotopic (exact) mass is 382 g/mol. The summed E-state index contributed by atoms with van der Waals surface area (Å²) in [6.45, 7) is 0. The average Bonchev–Trinajstić information content (AvgIpc) is 3.05. The number of nitrogens with zero attached hydrogens (tertiary/aromatic N) is 1. The minimum absolute atomic E-state index is 0.525. The van der Waals surface area contributed by atoms with Gasteiger partial charge in [-0.05, 0) is 46.9 Å². The van der Waals surface area contributed by atoms with Crippen molar-refractivity contribution < 1.29 is 8.83 Å². The number of nitrogen functional groups attached to an aromatic ring is 1. The molecule has 0 atom stereocenters. The van der Waals surface area contributed by atoms with E-state index in [1.54, 1.807) is 6.26 Å². The van der Waals surface area contributed by atoms with Crippen LogP contribution in [0.25, 0.3) is 32.2 Å². The maximum absolute atomic E-state index is 5.99. The number of nitrogens with two attached hydrogens (primary N) is 1. The maximum Gasteiger partial charge on any atom is 0.297 e. The van der Waals surface area contributed by atoms with Gasteiger partial charge in [0, 0.05) is 3.57 Å². The number of benzene rings is 1. The minimum atomic E-state index is 0.525. The minimum Gasteiger partial charge on any atom is -0.433 e. The smallest absolute Gasteiger partial charge is 0.297 e. The molecule has 0 fully saturated rings. The molecule has 3 heterocycles. The second-order valence-electron chi connectivity index (χ2n) is 4.11. The number of rotatable bonds is 1. The van der Waals surface area contributed by atoms with Gasteiger partial charge in [0.1, 0.15) is 0 Å². The number of furan rings is 2. The zero-order valence-corrected chi connectivity index (χ0v) is 12.5. The first kappa shape index (κ1) is 11.3. The van der Waals surface area contributed by atoms with Crippen molar-refractivity contribution >= 4 is 61.0 Å². The summed E-state index contributed by atoms with van der Waals surface area (Å²) in [5, 5.41) is 1.76. The highest BCUT2D eigenvalue weighted by molar-refractivity contribution is 14.1. The van der Waals surface area contributed by atoms with Gasteiger partial charge >= 0.3 is 0 Å². The molecule has 0 saturated carbocycles. The van der Waals surface area contributed by atoms with Crippen LogP contribution in [-0.2, 0) is 0 Å². The summed E-state index contributed by atoms with van der Waals surface area (Å²) >= 11 is 3.79. The molecule has 0 saturated heterocycles. The van der Waals surface area contributed by atoms with Gasteiger partial charge in [-0.2, -0.15) is 0 Å². The van der Waals surface area contributed by atoms with Gasteiger partial charge in [0.15, 0.2) is 10.8 Å². The van der Waals surface area contributed by atoms with Crippen LogP contribution >= 0.6 is 33.9 Å². The number of halogens is 1. The lowest BCUT2D eigenvalue weighted by molar-refractivity contribution is 0.485. The van der Waals surface area contributed by atoms with Gasteiger partial charge in [-0.1, -0.05) is 0 Å². The van der Waals surface area contributed by atoms with Crippen molar-refractivity contribution in [3.8, 4) is 10.8 Å². The number of fused-ring (bicyclic) bond motifs is 2. The van der Waals surface area contributed by atoms with E-state index in [0.717, 1.165) is 29.9 Å². The lowest BCUT2D eigenvalue weighted by Gasteiger charge is -1.95. The van der Waals surface area contributed by atoms with Crippen LogP contribution in [0.3, 0.4) is 0 Å². The Labute approximate surface area is 125 Å². The van der Waals surface area contributed by atoms with Crippen LogP contribution in [0, 0.1) is 3.57 Å². The van der Waals surface area contributed by atoms with Crippen LogP contribution in [0.5, 0.6) is 0 Å². The van der Waals surface area contributed by atoms with E-state index in [9.17, 15) is 0 Å². The van der Waals surface area contributed by atoms with E-state index in [4.69, 9.17) is 14.6 Å². The van der Waals surface area contributed by atoms with Crippen LogP contribution < -0.4 is 5.73 Å². The Bertz CT molecular complexity index is 838. The van der Waals surface area contributed by atoms with Crippen molar-refractivity contribution in [3.05, 3.63) is 34.1 Å². The largest absolute Gasteiger partial charge is 0.433 e. The molecule has 0 radical (unpaired) electrons. The maximum atomic E-state index is 5.99. The molecule has 94 valence electrons. The summed E-state index contributed by atoms with van der Waals surface area (Å²) in [7, 11) is 0. The van der Waals surface area contributed by atoms with E-state index < -0.39 is 0 Å². The third-order valence-corrected chi connectivity index (χ3v) is 4.87. The van der Waals surface area contributed by atoms with Crippen molar-refractivity contribution in [1.82, 2.24) is 4.98 Å². The molecule has 0 spiro atoms. The van der Waals surface area contributed by atoms with Gasteiger partial charge in [0.25, 0.3) is 5.78 Å². The molecule has 3 aromatic heterocycles. The highest BCUT2D eigenvalue weighted by atomic mass is 127. The SMILES string of the molecule is Nc1ccc(I)c2nc(-c3cc4ccoc4o3)sc12. The average molecular weight is 382 g/mol. The molecule has 0 amide bonds. The summed E-state index contributed by atoms with van der Waals surface area (Å²) in [4.78, 5) is 4.61. The van der Waals surface area contributed by atoms with Crippen molar-refractivity contribution in [2.75, 3.05) is 5.73 Å². The summed E-state index contributed by atoms with van der Waals surface area (Å²) in [6, 6.07) is 7.67. The molecule has 2 N–H and O–H groups in total. The van der Waals surface area contributed by atoms with Gasteiger partial charge in [-0.15, -0.1) is 11.3 Å². The fraction of sp³-hybridized carbons (Fsp3) is 0. The topological polar surface area (TPSA) is 65.2 Å². The molecular formula is C13H7IN2O2S. The third kappa shape index (κ3) is 1.67. The first-order valence-corrected chi connectivity index (χ1v) is 7.44. The lowest BCUT2D eigenvalue weighted by atomic mass is 10.3. The molecule has 0 aliphatic carbocycles. The molecule has 0 unspecified atom stereocenters.